The highest BCUT2D eigenvalue weighted by Crippen LogP contribution is 2.25. The molecule has 0 aliphatic carbocycles. The van der Waals surface area contributed by atoms with Crippen LogP contribution in [0, 0.1) is 0 Å². The molecule has 0 heterocycles. The van der Waals surface area contributed by atoms with Crippen LogP contribution in [0.15, 0.2) is 82.6 Å². The van der Waals surface area contributed by atoms with Crippen molar-refractivity contribution in [1.82, 2.24) is 5.32 Å². The Morgan fingerprint density at radius 3 is 2.20 bits per heavy atom. The molecule has 0 radical (unpaired) electrons. The maximum absolute atomic E-state index is 13.0. The van der Waals surface area contributed by atoms with Crippen LogP contribution in [0.1, 0.15) is 31.1 Å². The van der Waals surface area contributed by atoms with E-state index in [1.54, 1.807) is 42.5 Å². The summed E-state index contributed by atoms with van der Waals surface area (Å²) in [7, 11) is -3.73. The van der Waals surface area contributed by atoms with E-state index >= 15 is 0 Å². The van der Waals surface area contributed by atoms with E-state index in [-0.39, 0.29) is 15.5 Å². The highest BCUT2D eigenvalue weighted by Gasteiger charge is 2.29. The molecule has 0 amide bonds. The van der Waals surface area contributed by atoms with Crippen LogP contribution in [0.5, 0.6) is 5.75 Å². The smallest absolute Gasteiger partial charge is 0.347 e. The van der Waals surface area contributed by atoms with Gasteiger partial charge in [-0.2, -0.15) is 0 Å². The molecule has 0 bridgehead atoms. The maximum atomic E-state index is 13.0. The molecule has 3 N–H and O–H groups in total. The number of hydrogen-bond donors (Lipinski definition) is 3. The molecule has 1 unspecified atom stereocenters. The predicted molar refractivity (Wildman–Crippen MR) is 134 cm³/mol. The zero-order chi connectivity index (χ0) is 25.6. The number of nitrogens with one attached hydrogen (secondary N) is 1. The summed E-state index contributed by atoms with van der Waals surface area (Å²) in [5.41, 5.74) is 0.261. The molecule has 9 heteroatoms. The number of aliphatic hydroxyl groups excluding tert-OH is 1. The van der Waals surface area contributed by atoms with E-state index in [0.29, 0.717) is 24.5 Å². The predicted octanol–water partition coefficient (Wildman–Crippen LogP) is 4.28. The third-order valence-corrected chi connectivity index (χ3v) is 7.44. The Labute approximate surface area is 210 Å². The molecule has 0 spiro atoms. The van der Waals surface area contributed by atoms with Gasteiger partial charge in [-0.1, -0.05) is 35.9 Å². The molecular formula is C26H28ClNO6S. The van der Waals surface area contributed by atoms with E-state index in [1.807, 2.05) is 6.07 Å². The molecule has 7 nitrogen and oxygen atoms in total. The van der Waals surface area contributed by atoms with Gasteiger partial charge < -0.3 is 20.3 Å². The molecule has 0 fully saturated rings. The number of rotatable bonds is 11. The molecule has 3 aromatic carbocycles. The Morgan fingerprint density at radius 1 is 1.03 bits per heavy atom. The van der Waals surface area contributed by atoms with Crippen LogP contribution >= 0.6 is 11.6 Å². The molecule has 3 aromatic rings. The van der Waals surface area contributed by atoms with Gasteiger partial charge in [0.25, 0.3) is 0 Å². The average Bonchev–Trinajstić information content (AvgIpc) is 2.82. The van der Waals surface area contributed by atoms with Gasteiger partial charge in [0.1, 0.15) is 5.75 Å². The first-order chi connectivity index (χ1) is 16.5. The lowest BCUT2D eigenvalue weighted by molar-refractivity contribution is -0.152. The number of carbonyl (C=O) groups is 1. The van der Waals surface area contributed by atoms with Crippen LogP contribution in [0.3, 0.4) is 0 Å². The third-order valence-electron chi connectivity index (χ3n) is 5.42. The molecule has 1 atom stereocenters. The molecule has 0 aromatic heterocycles. The number of carboxylic acids is 1. The van der Waals surface area contributed by atoms with Gasteiger partial charge in [-0.3, -0.25) is 0 Å². The molecule has 35 heavy (non-hydrogen) atoms. The fourth-order valence-corrected chi connectivity index (χ4v) is 4.76. The molecule has 0 aliphatic rings. The zero-order valence-electron chi connectivity index (χ0n) is 19.4. The van der Waals surface area contributed by atoms with Crippen molar-refractivity contribution >= 4 is 27.4 Å². The molecule has 0 saturated heterocycles. The zero-order valence-corrected chi connectivity index (χ0v) is 21.0. The molecular weight excluding hydrogens is 490 g/mol. The van der Waals surface area contributed by atoms with Gasteiger partial charge in [-0.05, 0) is 86.5 Å². The van der Waals surface area contributed by atoms with Crippen LogP contribution in [-0.4, -0.2) is 43.3 Å². The van der Waals surface area contributed by atoms with Crippen molar-refractivity contribution in [3.63, 3.8) is 0 Å². The molecule has 3 rings (SSSR count). The average molecular weight is 518 g/mol. The van der Waals surface area contributed by atoms with Crippen LogP contribution in [0.4, 0.5) is 0 Å². The van der Waals surface area contributed by atoms with E-state index in [4.69, 9.17) is 21.4 Å². The van der Waals surface area contributed by atoms with Gasteiger partial charge >= 0.3 is 5.97 Å². The topological polar surface area (TPSA) is 113 Å². The summed E-state index contributed by atoms with van der Waals surface area (Å²) in [5.74, 6) is -0.860. The lowest BCUT2D eigenvalue weighted by Gasteiger charge is -2.21. The largest absolute Gasteiger partial charge is 0.478 e. The fourth-order valence-electron chi connectivity index (χ4n) is 3.30. The minimum Gasteiger partial charge on any atom is -0.478 e. The van der Waals surface area contributed by atoms with Crippen molar-refractivity contribution in [2.75, 3.05) is 13.1 Å². The number of aliphatic hydroxyl groups is 1. The first kappa shape index (κ1) is 26.7. The number of sulfone groups is 1. The second-order valence-electron chi connectivity index (χ2n) is 8.56. The summed E-state index contributed by atoms with van der Waals surface area (Å²) >= 11 is 5.95. The maximum Gasteiger partial charge on any atom is 0.347 e. The Hall–Kier alpha value is -2.91. The number of aliphatic carboxylic acids is 1. The lowest BCUT2D eigenvalue weighted by Crippen LogP contribution is -2.37. The van der Waals surface area contributed by atoms with Gasteiger partial charge in [0, 0.05) is 11.6 Å². The number of benzene rings is 3. The number of carboxylic acid groups (broad SMARTS) is 1. The Kier molecular flexibility index (Phi) is 8.56. The molecule has 186 valence electrons. The highest BCUT2D eigenvalue weighted by atomic mass is 35.5. The van der Waals surface area contributed by atoms with Crippen molar-refractivity contribution in [2.45, 2.75) is 41.8 Å². The number of hydrogen-bond acceptors (Lipinski definition) is 6. The Bertz CT molecular complexity index is 1260. The standard InChI is InChI=1S/C26H28ClNO6S/c1-26(2,25(30)31)34-21-8-12-23(13-9-21)35(32,33)22-10-6-18(7-11-22)14-15-28-17-24(29)19-4-3-5-20(27)16-19/h3-13,16,24,28-29H,14-15,17H2,1-2H3,(H,30,31). The van der Waals surface area contributed by atoms with Gasteiger partial charge in [0.05, 0.1) is 15.9 Å². The molecule has 0 saturated carbocycles. The quantitative estimate of drug-likeness (QED) is 0.325. The summed E-state index contributed by atoms with van der Waals surface area (Å²) in [6, 6.07) is 19.4. The van der Waals surface area contributed by atoms with E-state index < -0.39 is 27.5 Å². The second kappa shape index (κ2) is 11.2. The Morgan fingerprint density at radius 2 is 1.63 bits per heavy atom. The molecule has 0 aliphatic heterocycles. The fraction of sp³-hybridized carbons (Fsp3) is 0.269. The minimum atomic E-state index is -3.73. The summed E-state index contributed by atoms with van der Waals surface area (Å²) in [6.45, 7) is 3.81. The van der Waals surface area contributed by atoms with Crippen LogP contribution < -0.4 is 10.1 Å². The van der Waals surface area contributed by atoms with Gasteiger partial charge in [0.15, 0.2) is 5.60 Å². The van der Waals surface area contributed by atoms with E-state index in [2.05, 4.69) is 5.32 Å². The van der Waals surface area contributed by atoms with Crippen molar-refractivity contribution in [1.29, 1.82) is 0 Å². The van der Waals surface area contributed by atoms with Gasteiger partial charge in [-0.25, -0.2) is 13.2 Å². The first-order valence-electron chi connectivity index (χ1n) is 11.0. The summed E-state index contributed by atoms with van der Waals surface area (Å²) in [4.78, 5) is 11.4. The normalized spacial score (nSPS) is 12.8. The van der Waals surface area contributed by atoms with Gasteiger partial charge in [-0.15, -0.1) is 0 Å². The van der Waals surface area contributed by atoms with Crippen molar-refractivity contribution in [3.8, 4) is 5.75 Å². The van der Waals surface area contributed by atoms with Crippen LogP contribution in [0.25, 0.3) is 0 Å². The van der Waals surface area contributed by atoms with E-state index in [1.165, 1.54) is 38.1 Å². The third kappa shape index (κ3) is 7.05. The summed E-state index contributed by atoms with van der Waals surface area (Å²) < 4.78 is 31.3. The van der Waals surface area contributed by atoms with E-state index in [0.717, 1.165) is 11.1 Å². The number of ether oxygens (including phenoxy) is 1. The number of halogens is 1. The van der Waals surface area contributed by atoms with Crippen LogP contribution in [-0.2, 0) is 21.1 Å². The summed E-state index contributed by atoms with van der Waals surface area (Å²) in [6.07, 6.45) is -0.0123. The van der Waals surface area contributed by atoms with Crippen LogP contribution in [0.2, 0.25) is 5.02 Å². The summed E-state index contributed by atoms with van der Waals surface area (Å²) in [5, 5.41) is 23.2. The monoisotopic (exact) mass is 517 g/mol. The van der Waals surface area contributed by atoms with Crippen molar-refractivity contribution < 1.29 is 28.2 Å². The SMILES string of the molecule is CC(C)(Oc1ccc(S(=O)(=O)c2ccc(CCNCC(O)c3cccc(Cl)c3)cc2)cc1)C(=O)O. The van der Waals surface area contributed by atoms with Crippen molar-refractivity contribution in [3.05, 3.63) is 88.9 Å². The Balaban J connectivity index is 1.56. The lowest BCUT2D eigenvalue weighted by atomic mass is 10.1. The van der Waals surface area contributed by atoms with E-state index in [9.17, 15) is 18.3 Å². The van der Waals surface area contributed by atoms with Gasteiger partial charge in [0.2, 0.25) is 9.84 Å². The first-order valence-corrected chi connectivity index (χ1v) is 12.9. The second-order valence-corrected chi connectivity index (χ2v) is 10.9. The van der Waals surface area contributed by atoms with Crippen molar-refractivity contribution in [2.24, 2.45) is 0 Å². The minimum absolute atomic E-state index is 0.0856. The highest BCUT2D eigenvalue weighted by molar-refractivity contribution is 7.91.